The Labute approximate surface area is 146 Å². The van der Waals surface area contributed by atoms with Gasteiger partial charge in [0, 0.05) is 25.7 Å². The number of carbonyl (C=O) groups is 1. The van der Waals surface area contributed by atoms with Gasteiger partial charge in [-0.2, -0.15) is 0 Å². The third-order valence-corrected chi connectivity index (χ3v) is 4.59. The summed E-state index contributed by atoms with van der Waals surface area (Å²) in [5, 5.41) is 14.3. The van der Waals surface area contributed by atoms with Gasteiger partial charge in [-0.15, -0.1) is 0 Å². The Morgan fingerprint density at radius 2 is 2.00 bits per heavy atom. The predicted octanol–water partition coefficient (Wildman–Crippen LogP) is 3.47. The van der Waals surface area contributed by atoms with Gasteiger partial charge in [-0.25, -0.2) is 0 Å². The SMILES string of the molecule is CN(C)c1ccc(C(=O)N[C@H]2CCCc3ccccc32)cc1[N+](=O)[O-]. The molecular weight excluding hydrogens is 318 g/mol. The first-order valence-corrected chi connectivity index (χ1v) is 8.32. The normalized spacial score (nSPS) is 16.0. The number of benzene rings is 2. The quantitative estimate of drug-likeness (QED) is 0.683. The molecule has 6 nitrogen and oxygen atoms in total. The highest BCUT2D eigenvalue weighted by molar-refractivity contribution is 5.96. The second-order valence-corrected chi connectivity index (χ2v) is 6.47. The molecule has 25 heavy (non-hydrogen) atoms. The Kier molecular flexibility index (Phi) is 4.70. The van der Waals surface area contributed by atoms with Gasteiger partial charge in [-0.05, 0) is 42.5 Å². The largest absolute Gasteiger partial charge is 0.372 e. The van der Waals surface area contributed by atoms with Crippen molar-refractivity contribution in [3.05, 3.63) is 69.3 Å². The van der Waals surface area contributed by atoms with Crippen LogP contribution in [0.1, 0.15) is 40.4 Å². The standard InChI is InChI=1S/C19H21N3O3/c1-21(2)17-11-10-14(12-18(17)22(24)25)19(23)20-16-9-5-7-13-6-3-4-8-15(13)16/h3-4,6,8,10-12,16H,5,7,9H2,1-2H3,(H,20,23)/t16-/m0/s1. The van der Waals surface area contributed by atoms with E-state index in [1.807, 2.05) is 18.2 Å². The molecule has 3 rings (SSSR count). The highest BCUT2D eigenvalue weighted by atomic mass is 16.6. The molecule has 0 spiro atoms. The Bertz CT molecular complexity index is 817. The van der Waals surface area contributed by atoms with Crippen LogP contribution < -0.4 is 10.2 Å². The maximum absolute atomic E-state index is 12.6. The maximum atomic E-state index is 12.6. The van der Waals surface area contributed by atoms with Crippen LogP contribution in [0, 0.1) is 10.1 Å². The number of aryl methyl sites for hydroxylation is 1. The van der Waals surface area contributed by atoms with E-state index in [9.17, 15) is 14.9 Å². The van der Waals surface area contributed by atoms with E-state index in [0.717, 1.165) is 24.8 Å². The molecule has 0 unspecified atom stereocenters. The van der Waals surface area contributed by atoms with Crippen LogP contribution in [-0.4, -0.2) is 24.9 Å². The summed E-state index contributed by atoms with van der Waals surface area (Å²) in [5.41, 5.74) is 3.11. The van der Waals surface area contributed by atoms with Crippen LogP contribution in [0.25, 0.3) is 0 Å². The van der Waals surface area contributed by atoms with E-state index in [-0.39, 0.29) is 17.6 Å². The van der Waals surface area contributed by atoms with Crippen LogP contribution in [0.3, 0.4) is 0 Å². The lowest BCUT2D eigenvalue weighted by Crippen LogP contribution is -2.31. The molecule has 130 valence electrons. The van der Waals surface area contributed by atoms with Crippen molar-refractivity contribution in [2.75, 3.05) is 19.0 Å². The summed E-state index contributed by atoms with van der Waals surface area (Å²) >= 11 is 0. The molecular formula is C19H21N3O3. The summed E-state index contributed by atoms with van der Waals surface area (Å²) in [4.78, 5) is 25.1. The molecule has 1 N–H and O–H groups in total. The number of nitrogens with zero attached hydrogens (tertiary/aromatic N) is 2. The molecule has 0 saturated heterocycles. The van der Waals surface area contributed by atoms with Gasteiger partial charge in [0.15, 0.2) is 0 Å². The van der Waals surface area contributed by atoms with E-state index in [2.05, 4.69) is 11.4 Å². The Hall–Kier alpha value is -2.89. The van der Waals surface area contributed by atoms with Crippen LogP contribution in [0.5, 0.6) is 0 Å². The van der Waals surface area contributed by atoms with Crippen LogP contribution in [0.15, 0.2) is 42.5 Å². The fourth-order valence-corrected chi connectivity index (χ4v) is 3.33. The first-order chi connectivity index (χ1) is 12.0. The van der Waals surface area contributed by atoms with Crippen molar-refractivity contribution in [2.45, 2.75) is 25.3 Å². The number of carbonyl (C=O) groups excluding carboxylic acids is 1. The van der Waals surface area contributed by atoms with Crippen molar-refractivity contribution in [2.24, 2.45) is 0 Å². The van der Waals surface area contributed by atoms with Crippen LogP contribution in [-0.2, 0) is 6.42 Å². The molecule has 1 aliphatic rings. The number of anilines is 1. The Balaban J connectivity index is 1.85. The Morgan fingerprint density at radius 1 is 1.24 bits per heavy atom. The van der Waals surface area contributed by atoms with Gasteiger partial charge >= 0.3 is 0 Å². The minimum Gasteiger partial charge on any atom is -0.372 e. The van der Waals surface area contributed by atoms with E-state index in [1.165, 1.54) is 11.6 Å². The molecule has 0 aromatic heterocycles. The van der Waals surface area contributed by atoms with Gasteiger partial charge in [0.25, 0.3) is 11.6 Å². The summed E-state index contributed by atoms with van der Waals surface area (Å²) in [5.74, 6) is -0.282. The zero-order valence-electron chi connectivity index (χ0n) is 14.4. The fourth-order valence-electron chi connectivity index (χ4n) is 3.33. The minimum atomic E-state index is -0.456. The molecule has 2 aromatic carbocycles. The van der Waals surface area contributed by atoms with E-state index >= 15 is 0 Å². The Morgan fingerprint density at radius 3 is 2.72 bits per heavy atom. The second-order valence-electron chi connectivity index (χ2n) is 6.47. The first kappa shape index (κ1) is 17.0. The number of nitro groups is 1. The van der Waals surface area contributed by atoms with Crippen LogP contribution in [0.2, 0.25) is 0 Å². The van der Waals surface area contributed by atoms with Crippen molar-refractivity contribution in [1.82, 2.24) is 5.32 Å². The molecule has 1 atom stereocenters. The van der Waals surface area contributed by atoms with Gasteiger partial charge in [0.05, 0.1) is 11.0 Å². The van der Waals surface area contributed by atoms with E-state index < -0.39 is 4.92 Å². The van der Waals surface area contributed by atoms with E-state index in [1.54, 1.807) is 31.1 Å². The van der Waals surface area contributed by atoms with Crippen molar-refractivity contribution >= 4 is 17.3 Å². The molecule has 0 fully saturated rings. The molecule has 2 aromatic rings. The summed E-state index contributed by atoms with van der Waals surface area (Å²) in [6, 6.07) is 12.6. The second kappa shape index (κ2) is 6.93. The van der Waals surface area contributed by atoms with Gasteiger partial charge in [0.1, 0.15) is 5.69 Å². The molecule has 1 aliphatic carbocycles. The molecule has 0 radical (unpaired) electrons. The lowest BCUT2D eigenvalue weighted by molar-refractivity contribution is -0.384. The van der Waals surface area contributed by atoms with Crippen LogP contribution in [0.4, 0.5) is 11.4 Å². The van der Waals surface area contributed by atoms with Crippen molar-refractivity contribution in [1.29, 1.82) is 0 Å². The topological polar surface area (TPSA) is 75.5 Å². The van der Waals surface area contributed by atoms with Gasteiger partial charge < -0.3 is 10.2 Å². The monoisotopic (exact) mass is 339 g/mol. The highest BCUT2D eigenvalue weighted by Crippen LogP contribution is 2.31. The molecule has 6 heteroatoms. The summed E-state index contributed by atoms with van der Waals surface area (Å²) in [7, 11) is 3.47. The number of nitro benzene ring substituents is 1. The number of nitrogens with one attached hydrogen (secondary N) is 1. The molecule has 0 bridgehead atoms. The number of amides is 1. The molecule has 0 aliphatic heterocycles. The van der Waals surface area contributed by atoms with Gasteiger partial charge in [0.2, 0.25) is 0 Å². The third-order valence-electron chi connectivity index (χ3n) is 4.59. The lowest BCUT2D eigenvalue weighted by Gasteiger charge is -2.26. The van der Waals surface area contributed by atoms with Crippen molar-refractivity contribution in [3.63, 3.8) is 0 Å². The fraction of sp³-hybridized carbons (Fsp3) is 0.316. The van der Waals surface area contributed by atoms with E-state index in [4.69, 9.17) is 0 Å². The predicted molar refractivity (Wildman–Crippen MR) is 97.0 cm³/mol. The zero-order valence-corrected chi connectivity index (χ0v) is 14.4. The molecule has 0 saturated carbocycles. The number of hydrogen-bond donors (Lipinski definition) is 1. The summed E-state index contributed by atoms with van der Waals surface area (Å²) in [6.07, 6.45) is 2.91. The number of fused-ring (bicyclic) bond motifs is 1. The first-order valence-electron chi connectivity index (χ1n) is 8.32. The van der Waals surface area contributed by atoms with Crippen molar-refractivity contribution < 1.29 is 9.72 Å². The minimum absolute atomic E-state index is 0.0509. The smallest absolute Gasteiger partial charge is 0.293 e. The van der Waals surface area contributed by atoms with Gasteiger partial charge in [-0.3, -0.25) is 14.9 Å². The van der Waals surface area contributed by atoms with Crippen LogP contribution >= 0.6 is 0 Å². The lowest BCUT2D eigenvalue weighted by atomic mass is 9.87. The number of rotatable bonds is 4. The maximum Gasteiger partial charge on any atom is 0.293 e. The number of hydrogen-bond acceptors (Lipinski definition) is 4. The van der Waals surface area contributed by atoms with Crippen molar-refractivity contribution in [3.8, 4) is 0 Å². The average Bonchev–Trinajstić information content (AvgIpc) is 2.61. The zero-order chi connectivity index (χ0) is 18.0. The molecule has 1 amide bonds. The third kappa shape index (κ3) is 3.47. The summed E-state index contributed by atoms with van der Waals surface area (Å²) in [6.45, 7) is 0. The van der Waals surface area contributed by atoms with Gasteiger partial charge in [-0.1, -0.05) is 24.3 Å². The highest BCUT2D eigenvalue weighted by Gasteiger charge is 2.24. The molecule has 0 heterocycles. The van der Waals surface area contributed by atoms with E-state index in [0.29, 0.717) is 11.3 Å². The summed E-state index contributed by atoms with van der Waals surface area (Å²) < 4.78 is 0. The average molecular weight is 339 g/mol.